The van der Waals surface area contributed by atoms with Crippen LogP contribution in [0.4, 0.5) is 10.1 Å². The first-order chi connectivity index (χ1) is 7.71. The molecule has 5 nitrogen and oxygen atoms in total. The van der Waals surface area contributed by atoms with Gasteiger partial charge in [-0.05, 0) is 12.1 Å². The van der Waals surface area contributed by atoms with Crippen molar-refractivity contribution in [3.63, 3.8) is 0 Å². The Morgan fingerprint density at radius 3 is 2.69 bits per heavy atom. The van der Waals surface area contributed by atoms with Crippen molar-refractivity contribution >= 4 is 11.4 Å². The van der Waals surface area contributed by atoms with Crippen LogP contribution in [-0.4, -0.2) is 12.8 Å². The van der Waals surface area contributed by atoms with Gasteiger partial charge in [-0.3, -0.25) is 5.43 Å². The summed E-state index contributed by atoms with van der Waals surface area (Å²) in [5.74, 6) is -0.217. The van der Waals surface area contributed by atoms with E-state index in [9.17, 15) is 4.39 Å². The van der Waals surface area contributed by atoms with E-state index in [0.29, 0.717) is 5.69 Å². The van der Waals surface area contributed by atoms with Gasteiger partial charge in [0.05, 0.1) is 12.8 Å². The molecule has 0 saturated carbocycles. The third-order valence-corrected chi connectivity index (χ3v) is 1.66. The van der Waals surface area contributed by atoms with E-state index in [1.54, 1.807) is 12.1 Å². The van der Waals surface area contributed by atoms with Gasteiger partial charge in [-0.2, -0.15) is 15.6 Å². The van der Waals surface area contributed by atoms with Crippen LogP contribution in [0.2, 0.25) is 0 Å². The molecule has 1 N–H and O–H groups in total. The van der Waals surface area contributed by atoms with E-state index >= 15 is 0 Å². The van der Waals surface area contributed by atoms with Gasteiger partial charge in [0.1, 0.15) is 23.7 Å². The summed E-state index contributed by atoms with van der Waals surface area (Å²) < 4.78 is 17.7. The second-order valence-electron chi connectivity index (χ2n) is 2.64. The van der Waals surface area contributed by atoms with Gasteiger partial charge < -0.3 is 4.74 Å². The minimum Gasteiger partial charge on any atom is -0.494 e. The average molecular weight is 218 g/mol. The van der Waals surface area contributed by atoms with E-state index in [1.165, 1.54) is 19.2 Å². The first-order valence-electron chi connectivity index (χ1n) is 4.18. The summed E-state index contributed by atoms with van der Waals surface area (Å²) in [4.78, 5) is 0. The van der Waals surface area contributed by atoms with Gasteiger partial charge in [0, 0.05) is 6.07 Å². The van der Waals surface area contributed by atoms with Crippen molar-refractivity contribution in [2.24, 2.45) is 5.10 Å². The highest BCUT2D eigenvalue weighted by atomic mass is 19.1. The van der Waals surface area contributed by atoms with E-state index in [1.807, 2.05) is 0 Å². The molecule has 6 heteroatoms. The number of methoxy groups -OCH3 is 1. The highest BCUT2D eigenvalue weighted by molar-refractivity contribution is 6.10. The van der Waals surface area contributed by atoms with Crippen LogP contribution in [0.25, 0.3) is 0 Å². The number of benzene rings is 1. The van der Waals surface area contributed by atoms with Crippen molar-refractivity contribution in [1.82, 2.24) is 0 Å². The Balaban J connectivity index is 2.95. The fraction of sp³-hybridized carbons (Fsp3) is 0.100. The van der Waals surface area contributed by atoms with Gasteiger partial charge in [-0.15, -0.1) is 0 Å². The van der Waals surface area contributed by atoms with Crippen molar-refractivity contribution in [2.75, 3.05) is 12.5 Å². The molecule has 0 radical (unpaired) electrons. The molecule has 16 heavy (non-hydrogen) atoms. The number of hydrogen-bond donors (Lipinski definition) is 1. The molecular weight excluding hydrogens is 211 g/mol. The van der Waals surface area contributed by atoms with Crippen molar-refractivity contribution in [1.29, 1.82) is 10.5 Å². The lowest BCUT2D eigenvalue weighted by Crippen LogP contribution is -1.98. The van der Waals surface area contributed by atoms with Crippen LogP contribution < -0.4 is 10.2 Å². The smallest absolute Gasteiger partial charge is 0.237 e. The molecule has 0 amide bonds. The topological polar surface area (TPSA) is 81.2 Å². The van der Waals surface area contributed by atoms with Gasteiger partial charge in [0.25, 0.3) is 0 Å². The van der Waals surface area contributed by atoms with Crippen LogP contribution in [0.1, 0.15) is 0 Å². The molecule has 0 fully saturated rings. The first kappa shape index (κ1) is 11.5. The predicted molar refractivity (Wildman–Crippen MR) is 55.2 cm³/mol. The molecule has 0 atom stereocenters. The van der Waals surface area contributed by atoms with Crippen LogP contribution in [-0.2, 0) is 0 Å². The van der Waals surface area contributed by atoms with Gasteiger partial charge in [-0.25, -0.2) is 4.39 Å². The number of nitrogens with one attached hydrogen (secondary N) is 1. The zero-order valence-corrected chi connectivity index (χ0v) is 8.36. The van der Waals surface area contributed by atoms with Crippen LogP contribution >= 0.6 is 0 Å². The predicted octanol–water partition coefficient (Wildman–Crippen LogP) is 1.65. The molecular formula is C10H7FN4O. The monoisotopic (exact) mass is 218 g/mol. The fourth-order valence-corrected chi connectivity index (χ4v) is 0.949. The van der Waals surface area contributed by atoms with Crippen molar-refractivity contribution in [3.8, 4) is 17.9 Å². The molecule has 1 aromatic rings. The lowest BCUT2D eigenvalue weighted by molar-refractivity contribution is 0.413. The normalized spacial score (nSPS) is 8.50. The zero-order valence-electron chi connectivity index (χ0n) is 8.36. The number of hydrazone groups is 1. The Kier molecular flexibility index (Phi) is 3.82. The number of hydrogen-bond acceptors (Lipinski definition) is 5. The largest absolute Gasteiger partial charge is 0.494 e. The molecule has 0 aliphatic rings. The second-order valence-corrected chi connectivity index (χ2v) is 2.64. The van der Waals surface area contributed by atoms with Crippen molar-refractivity contribution in [3.05, 3.63) is 24.0 Å². The number of halogens is 1. The third-order valence-electron chi connectivity index (χ3n) is 1.66. The molecule has 1 aromatic carbocycles. The summed E-state index contributed by atoms with van der Waals surface area (Å²) in [6.45, 7) is 0. The Morgan fingerprint density at radius 2 is 2.12 bits per heavy atom. The average Bonchev–Trinajstić information content (AvgIpc) is 2.31. The van der Waals surface area contributed by atoms with Crippen LogP contribution in [0, 0.1) is 28.5 Å². The molecule has 0 aliphatic carbocycles. The van der Waals surface area contributed by atoms with E-state index in [2.05, 4.69) is 10.5 Å². The van der Waals surface area contributed by atoms with Gasteiger partial charge in [-0.1, -0.05) is 0 Å². The molecule has 0 aromatic heterocycles. The molecule has 0 saturated heterocycles. The Morgan fingerprint density at radius 1 is 1.44 bits per heavy atom. The van der Waals surface area contributed by atoms with Crippen LogP contribution in [0.3, 0.4) is 0 Å². The quantitative estimate of drug-likeness (QED) is 0.617. The Labute approximate surface area is 91.4 Å². The SMILES string of the molecule is COc1cc(F)ccc1NN=C(C#N)C#N. The maximum Gasteiger partial charge on any atom is 0.237 e. The number of anilines is 1. The summed E-state index contributed by atoms with van der Waals surface area (Å²) in [5, 5.41) is 20.4. The molecule has 0 heterocycles. The van der Waals surface area contributed by atoms with E-state index in [0.717, 1.165) is 6.07 Å². The van der Waals surface area contributed by atoms with E-state index in [4.69, 9.17) is 15.3 Å². The molecule has 80 valence electrons. The van der Waals surface area contributed by atoms with Crippen molar-refractivity contribution < 1.29 is 9.13 Å². The Bertz CT molecular complexity index is 483. The minimum absolute atomic E-state index is 0.235. The maximum absolute atomic E-state index is 12.8. The highest BCUT2D eigenvalue weighted by Gasteiger charge is 2.03. The highest BCUT2D eigenvalue weighted by Crippen LogP contribution is 2.24. The first-order valence-corrected chi connectivity index (χ1v) is 4.18. The summed E-state index contributed by atoms with van der Waals surface area (Å²) in [6, 6.07) is 6.93. The number of ether oxygens (including phenoxy) is 1. The fourth-order valence-electron chi connectivity index (χ4n) is 0.949. The molecule has 0 aliphatic heterocycles. The molecule has 1 rings (SSSR count). The van der Waals surface area contributed by atoms with Gasteiger partial charge in [0.15, 0.2) is 0 Å². The van der Waals surface area contributed by atoms with Crippen molar-refractivity contribution in [2.45, 2.75) is 0 Å². The number of rotatable bonds is 3. The summed E-state index contributed by atoms with van der Waals surface area (Å²) in [5.41, 5.74) is 2.48. The third kappa shape index (κ3) is 2.69. The number of nitriles is 2. The Hall–Kier alpha value is -2.60. The molecule has 0 unspecified atom stereocenters. The van der Waals surface area contributed by atoms with Crippen LogP contribution in [0.15, 0.2) is 23.3 Å². The minimum atomic E-state index is -0.452. The van der Waals surface area contributed by atoms with E-state index < -0.39 is 5.82 Å². The summed E-state index contributed by atoms with van der Waals surface area (Å²) >= 11 is 0. The zero-order chi connectivity index (χ0) is 12.0. The van der Waals surface area contributed by atoms with Gasteiger partial charge >= 0.3 is 0 Å². The molecule has 0 spiro atoms. The lowest BCUT2D eigenvalue weighted by Gasteiger charge is -2.06. The second kappa shape index (κ2) is 5.32. The van der Waals surface area contributed by atoms with Crippen LogP contribution in [0.5, 0.6) is 5.75 Å². The van der Waals surface area contributed by atoms with Gasteiger partial charge in [0.2, 0.25) is 5.71 Å². The maximum atomic E-state index is 12.8. The summed E-state index contributed by atoms with van der Waals surface area (Å²) in [6.07, 6.45) is 0. The van der Waals surface area contributed by atoms with E-state index in [-0.39, 0.29) is 11.5 Å². The number of nitrogens with zero attached hydrogens (tertiary/aromatic N) is 3. The standard InChI is InChI=1S/C10H7FN4O/c1-16-10-4-7(11)2-3-9(10)15-14-8(5-12)6-13/h2-4,15H,1H3. The molecule has 0 bridgehead atoms. The summed E-state index contributed by atoms with van der Waals surface area (Å²) in [7, 11) is 1.37. The lowest BCUT2D eigenvalue weighted by atomic mass is 10.3.